The van der Waals surface area contributed by atoms with Gasteiger partial charge in [-0.1, -0.05) is 49.6 Å². The fourth-order valence-corrected chi connectivity index (χ4v) is 8.44. The van der Waals surface area contributed by atoms with Crippen LogP contribution in [0.15, 0.2) is 59.6 Å². The summed E-state index contributed by atoms with van der Waals surface area (Å²) >= 11 is 1.20. The Hall–Kier alpha value is -3.08. The van der Waals surface area contributed by atoms with Crippen molar-refractivity contribution in [1.82, 2.24) is 9.29 Å². The van der Waals surface area contributed by atoms with Crippen molar-refractivity contribution in [3.63, 3.8) is 0 Å². The van der Waals surface area contributed by atoms with E-state index in [9.17, 15) is 18.9 Å². The van der Waals surface area contributed by atoms with Crippen molar-refractivity contribution in [3.8, 4) is 10.4 Å². The first kappa shape index (κ1) is 27.1. The van der Waals surface area contributed by atoms with E-state index in [-0.39, 0.29) is 29.3 Å². The molecule has 1 aliphatic carbocycles. The monoisotopic (exact) mass is 578 g/mol. The highest BCUT2D eigenvalue weighted by atomic mass is 32.2. The van der Waals surface area contributed by atoms with E-state index in [2.05, 4.69) is 9.88 Å². The molecule has 40 heavy (non-hydrogen) atoms. The second-order valence-corrected chi connectivity index (χ2v) is 13.4. The Labute approximate surface area is 241 Å². The largest absolute Gasteiger partial charge is 0.477 e. The zero-order valence-corrected chi connectivity index (χ0v) is 24.0. The molecular weight excluding hydrogens is 544 g/mol. The number of benzene rings is 1. The number of carboxylic acids is 1. The number of nitrogens with zero attached hydrogens (tertiary/aromatic N) is 4. The molecule has 1 saturated carbocycles. The van der Waals surface area contributed by atoms with Crippen molar-refractivity contribution in [2.75, 3.05) is 36.0 Å². The molecule has 0 radical (unpaired) electrons. The van der Waals surface area contributed by atoms with Gasteiger partial charge in [0.25, 0.3) is 0 Å². The molecule has 210 valence electrons. The Balaban J connectivity index is 1.31. The molecule has 1 N–H and O–H groups in total. The minimum absolute atomic E-state index is 0.0424. The van der Waals surface area contributed by atoms with E-state index in [1.165, 1.54) is 17.8 Å². The van der Waals surface area contributed by atoms with Crippen LogP contribution in [0.4, 0.5) is 11.5 Å². The molecule has 8 nitrogen and oxygen atoms in total. The Bertz CT molecular complexity index is 1380. The fourth-order valence-electron chi connectivity index (χ4n) is 6.30. The summed E-state index contributed by atoms with van der Waals surface area (Å²) in [6, 6.07) is 15.0. The smallest absolute Gasteiger partial charge is 0.348 e. The lowest BCUT2D eigenvalue weighted by Gasteiger charge is -2.44. The Morgan fingerprint density at radius 2 is 1.75 bits per heavy atom. The highest BCUT2D eigenvalue weighted by molar-refractivity contribution is 7.82. The summed E-state index contributed by atoms with van der Waals surface area (Å²) < 4.78 is 15.5. The summed E-state index contributed by atoms with van der Waals surface area (Å²) in [6.07, 6.45) is 9.26. The second-order valence-electron chi connectivity index (χ2n) is 10.8. The van der Waals surface area contributed by atoms with E-state index < -0.39 is 17.0 Å². The first-order valence-electron chi connectivity index (χ1n) is 14.1. The molecule has 3 aromatic rings. The van der Waals surface area contributed by atoms with E-state index in [4.69, 9.17) is 0 Å². The molecule has 3 fully saturated rings. The molecule has 6 rings (SSSR count). The van der Waals surface area contributed by atoms with Crippen molar-refractivity contribution >= 4 is 45.7 Å². The quantitative estimate of drug-likeness (QED) is 0.402. The molecule has 2 aromatic heterocycles. The van der Waals surface area contributed by atoms with Gasteiger partial charge in [0.05, 0.1) is 23.2 Å². The molecule has 4 heterocycles. The SMILES string of the molecule is O=C(O)c1sc(-c2ccccc2)cc1N1C(=O)CN(S(=O)c2ccc(N3CCCC3)nc2)CC1C1CCCCC1. The number of aromatic nitrogens is 1. The Kier molecular flexibility index (Phi) is 8.00. The van der Waals surface area contributed by atoms with Crippen LogP contribution < -0.4 is 9.80 Å². The van der Waals surface area contributed by atoms with E-state index in [1.807, 2.05) is 48.5 Å². The van der Waals surface area contributed by atoms with Crippen LogP contribution in [0.1, 0.15) is 54.6 Å². The number of aromatic carboxylic acids is 1. The molecule has 2 aliphatic heterocycles. The Morgan fingerprint density at radius 3 is 2.42 bits per heavy atom. The van der Waals surface area contributed by atoms with Crippen molar-refractivity contribution < 1.29 is 18.9 Å². The summed E-state index contributed by atoms with van der Waals surface area (Å²) in [5.41, 5.74) is 1.38. The van der Waals surface area contributed by atoms with Crippen molar-refractivity contribution in [3.05, 3.63) is 59.6 Å². The number of amides is 1. The van der Waals surface area contributed by atoms with Crippen LogP contribution in [-0.4, -0.2) is 62.7 Å². The molecule has 0 spiro atoms. The minimum atomic E-state index is -1.54. The normalized spacial score (nSPS) is 21.6. The third-order valence-corrected chi connectivity index (χ3v) is 10.9. The Morgan fingerprint density at radius 1 is 1.00 bits per heavy atom. The zero-order valence-electron chi connectivity index (χ0n) is 22.4. The maximum Gasteiger partial charge on any atom is 0.348 e. The molecule has 1 aromatic carbocycles. The van der Waals surface area contributed by atoms with Gasteiger partial charge in [-0.25, -0.2) is 18.3 Å². The van der Waals surface area contributed by atoms with Gasteiger partial charge in [0.1, 0.15) is 21.7 Å². The maximum absolute atomic E-state index is 13.9. The van der Waals surface area contributed by atoms with Crippen molar-refractivity contribution in [1.29, 1.82) is 0 Å². The number of anilines is 2. The first-order valence-corrected chi connectivity index (χ1v) is 16.0. The number of piperazine rings is 1. The zero-order chi connectivity index (χ0) is 27.6. The van der Waals surface area contributed by atoms with E-state index >= 15 is 0 Å². The van der Waals surface area contributed by atoms with Gasteiger partial charge in [0.2, 0.25) is 5.91 Å². The van der Waals surface area contributed by atoms with Crippen LogP contribution in [0.5, 0.6) is 0 Å². The number of rotatable bonds is 7. The van der Waals surface area contributed by atoms with Gasteiger partial charge in [-0.15, -0.1) is 11.3 Å². The minimum Gasteiger partial charge on any atom is -0.477 e. The summed E-state index contributed by atoms with van der Waals surface area (Å²) in [6.45, 7) is 2.36. The number of hydrogen-bond acceptors (Lipinski definition) is 6. The lowest BCUT2D eigenvalue weighted by Crippen LogP contribution is -2.59. The predicted molar refractivity (Wildman–Crippen MR) is 158 cm³/mol. The lowest BCUT2D eigenvalue weighted by atomic mass is 9.82. The van der Waals surface area contributed by atoms with Gasteiger partial charge in [-0.2, -0.15) is 0 Å². The average molecular weight is 579 g/mol. The third-order valence-electron chi connectivity index (χ3n) is 8.31. The maximum atomic E-state index is 13.9. The average Bonchev–Trinajstić information content (AvgIpc) is 3.69. The number of thiophene rings is 1. The number of carbonyl (C=O) groups excluding carboxylic acids is 1. The van der Waals surface area contributed by atoms with E-state index in [1.54, 1.807) is 15.4 Å². The van der Waals surface area contributed by atoms with Gasteiger partial charge in [0.15, 0.2) is 0 Å². The van der Waals surface area contributed by atoms with E-state index in [0.29, 0.717) is 17.1 Å². The van der Waals surface area contributed by atoms with Crippen LogP contribution >= 0.6 is 11.3 Å². The molecule has 1 amide bonds. The molecule has 10 heteroatoms. The van der Waals surface area contributed by atoms with Crippen LogP contribution in [0.2, 0.25) is 0 Å². The van der Waals surface area contributed by atoms with Gasteiger partial charge in [0, 0.05) is 30.7 Å². The molecule has 0 bridgehead atoms. The van der Waals surface area contributed by atoms with Gasteiger partial charge in [-0.3, -0.25) is 4.79 Å². The first-order chi connectivity index (χ1) is 19.5. The number of pyridine rings is 1. The van der Waals surface area contributed by atoms with Crippen molar-refractivity contribution in [2.45, 2.75) is 55.9 Å². The van der Waals surface area contributed by atoms with Crippen LogP contribution in [-0.2, 0) is 15.8 Å². The third kappa shape index (κ3) is 5.44. The van der Waals surface area contributed by atoms with Gasteiger partial charge in [-0.05, 0) is 55.4 Å². The topological polar surface area (TPSA) is 94.0 Å². The highest BCUT2D eigenvalue weighted by Crippen LogP contribution is 2.41. The van der Waals surface area contributed by atoms with Gasteiger partial charge < -0.3 is 14.9 Å². The molecule has 2 saturated heterocycles. The van der Waals surface area contributed by atoms with Crippen LogP contribution in [0, 0.1) is 5.92 Å². The standard InChI is InChI=1S/C30H34N4O4S2/c35-28-20-33(40(38)23-13-14-27(31-18-23)32-15-7-8-16-32)19-25(21-9-3-1-4-10-21)34(28)24-17-26(39-29(24)30(36)37)22-11-5-2-6-12-22/h2,5-6,11-14,17-18,21,25H,1,3-4,7-10,15-16,19-20H2,(H,36,37). The van der Waals surface area contributed by atoms with Gasteiger partial charge >= 0.3 is 5.97 Å². The number of carboxylic acid groups (broad SMARTS) is 1. The second kappa shape index (κ2) is 11.8. The summed E-state index contributed by atoms with van der Waals surface area (Å²) in [5.74, 6) is -0.133. The fraction of sp³-hybridized carbons (Fsp3) is 0.433. The molecular formula is C30H34N4O4S2. The van der Waals surface area contributed by atoms with Crippen molar-refractivity contribution in [2.24, 2.45) is 5.92 Å². The molecule has 3 aliphatic rings. The lowest BCUT2D eigenvalue weighted by molar-refractivity contribution is -0.121. The van der Waals surface area contributed by atoms with E-state index in [0.717, 1.165) is 67.9 Å². The summed E-state index contributed by atoms with van der Waals surface area (Å²) in [4.78, 5) is 36.4. The highest BCUT2D eigenvalue weighted by Gasteiger charge is 2.42. The summed E-state index contributed by atoms with van der Waals surface area (Å²) in [5, 5.41) is 10.1. The molecule has 2 atom stereocenters. The summed E-state index contributed by atoms with van der Waals surface area (Å²) in [7, 11) is -1.54. The van der Waals surface area contributed by atoms with Crippen LogP contribution in [0.25, 0.3) is 10.4 Å². The number of hydrogen-bond donors (Lipinski definition) is 1. The van der Waals surface area contributed by atoms with Crippen LogP contribution in [0.3, 0.4) is 0 Å². The predicted octanol–water partition coefficient (Wildman–Crippen LogP) is 5.43. The molecule has 2 unspecified atom stereocenters. The number of carbonyl (C=O) groups is 2.